The number of nitrogens with zero attached hydrogens (tertiary/aromatic N) is 1. The minimum Gasteiger partial charge on any atom is -0.388 e. The molecule has 3 nitrogen and oxygen atoms in total. The molecule has 2 aromatic rings. The van der Waals surface area contributed by atoms with Crippen LogP contribution in [0.25, 0.3) is 0 Å². The first-order valence-electron chi connectivity index (χ1n) is 6.43. The van der Waals surface area contributed by atoms with Crippen LogP contribution in [0.2, 0.25) is 0 Å². The van der Waals surface area contributed by atoms with Gasteiger partial charge in [0.1, 0.15) is 5.82 Å². The fourth-order valence-electron chi connectivity index (χ4n) is 2.30. The van der Waals surface area contributed by atoms with Gasteiger partial charge in [0.2, 0.25) is 0 Å². The third-order valence-corrected chi connectivity index (χ3v) is 3.52. The molecule has 1 aromatic carbocycles. The standard InChI is InChI=1S/C16H20N2O/c1-10-6-12(3)14(7-11(10)2)15(19)8-13-4-5-18-16(17)9-13/h4-7,9,15,19H,8H2,1-3H3,(H2,17,18). The Labute approximate surface area is 114 Å². The molecule has 0 aliphatic heterocycles. The normalized spacial score (nSPS) is 12.4. The van der Waals surface area contributed by atoms with E-state index in [2.05, 4.69) is 31.0 Å². The zero-order valence-electron chi connectivity index (χ0n) is 11.6. The number of rotatable bonds is 3. The van der Waals surface area contributed by atoms with Gasteiger partial charge in [-0.25, -0.2) is 4.98 Å². The van der Waals surface area contributed by atoms with E-state index < -0.39 is 6.10 Å². The highest BCUT2D eigenvalue weighted by atomic mass is 16.3. The topological polar surface area (TPSA) is 59.1 Å². The molecule has 0 spiro atoms. The average Bonchev–Trinajstić information content (AvgIpc) is 2.33. The SMILES string of the molecule is Cc1cc(C)c(C(O)Cc2ccnc(N)c2)cc1C. The Balaban J connectivity index is 2.25. The van der Waals surface area contributed by atoms with Crippen LogP contribution >= 0.6 is 0 Å². The van der Waals surface area contributed by atoms with E-state index in [0.29, 0.717) is 12.2 Å². The van der Waals surface area contributed by atoms with Crippen LogP contribution in [-0.2, 0) is 6.42 Å². The maximum Gasteiger partial charge on any atom is 0.123 e. The van der Waals surface area contributed by atoms with E-state index >= 15 is 0 Å². The van der Waals surface area contributed by atoms with E-state index in [-0.39, 0.29) is 0 Å². The number of aliphatic hydroxyl groups excluding tert-OH is 1. The summed E-state index contributed by atoms with van der Waals surface area (Å²) in [7, 11) is 0. The number of aryl methyl sites for hydroxylation is 3. The Hall–Kier alpha value is -1.87. The molecule has 0 radical (unpaired) electrons. The van der Waals surface area contributed by atoms with Crippen LogP contribution in [0.5, 0.6) is 0 Å². The van der Waals surface area contributed by atoms with Crippen molar-refractivity contribution in [3.8, 4) is 0 Å². The second kappa shape index (κ2) is 5.41. The van der Waals surface area contributed by atoms with Crippen molar-refractivity contribution in [1.29, 1.82) is 0 Å². The molecular weight excluding hydrogens is 236 g/mol. The number of aromatic nitrogens is 1. The summed E-state index contributed by atoms with van der Waals surface area (Å²) >= 11 is 0. The number of hydrogen-bond acceptors (Lipinski definition) is 3. The monoisotopic (exact) mass is 256 g/mol. The Morgan fingerprint density at radius 3 is 2.47 bits per heavy atom. The lowest BCUT2D eigenvalue weighted by molar-refractivity contribution is 0.177. The quantitative estimate of drug-likeness (QED) is 0.887. The summed E-state index contributed by atoms with van der Waals surface area (Å²) in [5.41, 5.74) is 11.2. The van der Waals surface area contributed by atoms with Crippen molar-refractivity contribution in [2.24, 2.45) is 0 Å². The first-order chi connectivity index (χ1) is 8.97. The number of pyridine rings is 1. The molecule has 0 saturated heterocycles. The van der Waals surface area contributed by atoms with Crippen LogP contribution in [0.4, 0.5) is 5.82 Å². The Kier molecular flexibility index (Phi) is 3.86. The lowest BCUT2D eigenvalue weighted by Crippen LogP contribution is -2.05. The average molecular weight is 256 g/mol. The van der Waals surface area contributed by atoms with Gasteiger partial charge in [-0.1, -0.05) is 12.1 Å². The first-order valence-corrected chi connectivity index (χ1v) is 6.43. The number of hydrogen-bond donors (Lipinski definition) is 2. The van der Waals surface area contributed by atoms with Gasteiger partial charge >= 0.3 is 0 Å². The number of nitrogens with two attached hydrogens (primary N) is 1. The van der Waals surface area contributed by atoms with Crippen molar-refractivity contribution in [2.75, 3.05) is 5.73 Å². The fourth-order valence-corrected chi connectivity index (χ4v) is 2.30. The molecule has 3 N–H and O–H groups in total. The molecule has 0 bridgehead atoms. The van der Waals surface area contributed by atoms with Gasteiger partial charge in [0.05, 0.1) is 6.10 Å². The molecule has 0 saturated carbocycles. The van der Waals surface area contributed by atoms with Gasteiger partial charge in [-0.3, -0.25) is 0 Å². The van der Waals surface area contributed by atoms with Gasteiger partial charge < -0.3 is 10.8 Å². The minimum absolute atomic E-state index is 0.488. The molecule has 1 aromatic heterocycles. The highest BCUT2D eigenvalue weighted by molar-refractivity contribution is 5.39. The van der Waals surface area contributed by atoms with Crippen molar-refractivity contribution in [1.82, 2.24) is 4.98 Å². The molecule has 0 aliphatic rings. The molecule has 1 heterocycles. The van der Waals surface area contributed by atoms with Gasteiger partial charge in [0.15, 0.2) is 0 Å². The van der Waals surface area contributed by atoms with Crippen LogP contribution in [0, 0.1) is 20.8 Å². The molecular formula is C16H20N2O. The summed E-state index contributed by atoms with van der Waals surface area (Å²) in [5.74, 6) is 0.488. The molecule has 1 unspecified atom stereocenters. The summed E-state index contributed by atoms with van der Waals surface area (Å²) in [6.07, 6.45) is 1.71. The summed E-state index contributed by atoms with van der Waals surface area (Å²) in [5, 5.41) is 10.4. The number of benzene rings is 1. The van der Waals surface area contributed by atoms with Crippen molar-refractivity contribution < 1.29 is 5.11 Å². The highest BCUT2D eigenvalue weighted by Crippen LogP contribution is 2.24. The van der Waals surface area contributed by atoms with Crippen molar-refractivity contribution in [2.45, 2.75) is 33.3 Å². The van der Waals surface area contributed by atoms with E-state index in [1.165, 1.54) is 11.1 Å². The van der Waals surface area contributed by atoms with E-state index in [1.807, 2.05) is 13.0 Å². The minimum atomic E-state index is -0.513. The summed E-state index contributed by atoms with van der Waals surface area (Å²) in [6.45, 7) is 6.18. The molecule has 100 valence electrons. The smallest absolute Gasteiger partial charge is 0.123 e. The number of anilines is 1. The highest BCUT2D eigenvalue weighted by Gasteiger charge is 2.12. The van der Waals surface area contributed by atoms with Crippen molar-refractivity contribution >= 4 is 5.82 Å². The second-order valence-electron chi connectivity index (χ2n) is 5.10. The largest absolute Gasteiger partial charge is 0.388 e. The number of aliphatic hydroxyl groups is 1. The Bertz CT molecular complexity index is 593. The molecule has 1 atom stereocenters. The fraction of sp³-hybridized carbons (Fsp3) is 0.312. The second-order valence-corrected chi connectivity index (χ2v) is 5.10. The van der Waals surface area contributed by atoms with Gasteiger partial charge in [-0.05, 0) is 60.7 Å². The first kappa shape index (κ1) is 13.6. The third kappa shape index (κ3) is 3.12. The summed E-state index contributed by atoms with van der Waals surface area (Å²) < 4.78 is 0. The maximum atomic E-state index is 10.4. The number of nitrogen functional groups attached to an aromatic ring is 1. The van der Waals surface area contributed by atoms with Crippen LogP contribution in [0.3, 0.4) is 0 Å². The van der Waals surface area contributed by atoms with E-state index in [0.717, 1.165) is 16.7 Å². The third-order valence-electron chi connectivity index (χ3n) is 3.52. The molecule has 0 aliphatic carbocycles. The van der Waals surface area contributed by atoms with Crippen molar-refractivity contribution in [3.05, 3.63) is 58.3 Å². The van der Waals surface area contributed by atoms with Crippen LogP contribution in [0.15, 0.2) is 30.5 Å². The maximum absolute atomic E-state index is 10.4. The zero-order chi connectivity index (χ0) is 14.0. The zero-order valence-corrected chi connectivity index (χ0v) is 11.6. The summed E-state index contributed by atoms with van der Waals surface area (Å²) in [4.78, 5) is 3.96. The predicted molar refractivity (Wildman–Crippen MR) is 78.0 cm³/mol. The van der Waals surface area contributed by atoms with Gasteiger partial charge in [0.25, 0.3) is 0 Å². The Morgan fingerprint density at radius 1 is 1.11 bits per heavy atom. The van der Waals surface area contributed by atoms with E-state index in [1.54, 1.807) is 12.3 Å². The predicted octanol–water partition coefficient (Wildman–Crippen LogP) is 2.87. The van der Waals surface area contributed by atoms with E-state index in [9.17, 15) is 5.11 Å². The van der Waals surface area contributed by atoms with Gasteiger partial charge in [-0.2, -0.15) is 0 Å². The van der Waals surface area contributed by atoms with Gasteiger partial charge in [-0.15, -0.1) is 0 Å². The molecule has 0 amide bonds. The van der Waals surface area contributed by atoms with Gasteiger partial charge in [0, 0.05) is 12.6 Å². The molecule has 3 heteroatoms. The van der Waals surface area contributed by atoms with Crippen molar-refractivity contribution in [3.63, 3.8) is 0 Å². The molecule has 19 heavy (non-hydrogen) atoms. The Morgan fingerprint density at radius 2 is 1.79 bits per heavy atom. The molecule has 2 rings (SSSR count). The lowest BCUT2D eigenvalue weighted by Gasteiger charge is -2.16. The lowest BCUT2D eigenvalue weighted by atomic mass is 9.94. The van der Waals surface area contributed by atoms with Crippen LogP contribution < -0.4 is 5.73 Å². The van der Waals surface area contributed by atoms with Crippen LogP contribution in [0.1, 0.15) is 33.9 Å². The van der Waals surface area contributed by atoms with Crippen LogP contribution in [-0.4, -0.2) is 10.1 Å². The molecule has 0 fully saturated rings. The van der Waals surface area contributed by atoms with E-state index in [4.69, 9.17) is 5.73 Å². The summed E-state index contributed by atoms with van der Waals surface area (Å²) in [6, 6.07) is 7.88.